The number of halogens is 2. The van der Waals surface area contributed by atoms with Gasteiger partial charge in [0.05, 0.1) is 6.61 Å². The Labute approximate surface area is 291 Å². The van der Waals surface area contributed by atoms with Gasteiger partial charge in [-0.3, -0.25) is 4.98 Å². The molecule has 2 aromatic heterocycles. The topological polar surface area (TPSA) is 85.7 Å². The van der Waals surface area contributed by atoms with E-state index in [4.69, 9.17) is 32.7 Å². The molecule has 4 rings (SSSR count). The number of aromatic nitrogens is 3. The van der Waals surface area contributed by atoms with E-state index in [1.165, 1.54) is 17.2 Å². The third-order valence-corrected chi connectivity index (χ3v) is 10.4. The molecule has 3 unspecified atom stereocenters. The van der Waals surface area contributed by atoms with Crippen LogP contribution in [-0.4, -0.2) is 33.0 Å². The SMILES string of the molecule is CCCCC1CC(C)CC(CCCC)C1OC(=O)c1c(-c2ccc(Cl)cc2)c(Cl)n2c(=O)[nH]c(OCCC(C)CCCC(C)C)nc12. The van der Waals surface area contributed by atoms with Crippen molar-refractivity contribution in [3.63, 3.8) is 0 Å². The van der Waals surface area contributed by atoms with Gasteiger partial charge in [0.15, 0.2) is 5.65 Å². The number of nitrogens with zero attached hydrogens (tertiary/aromatic N) is 2. The second-order valence-corrected chi connectivity index (χ2v) is 15.2. The highest BCUT2D eigenvalue weighted by Crippen LogP contribution is 2.42. The summed E-state index contributed by atoms with van der Waals surface area (Å²) in [5.41, 5.74) is 0.839. The van der Waals surface area contributed by atoms with Gasteiger partial charge >= 0.3 is 11.7 Å². The fourth-order valence-electron chi connectivity index (χ4n) is 7.27. The maximum atomic E-state index is 14.5. The van der Waals surface area contributed by atoms with Crippen molar-refractivity contribution < 1.29 is 14.3 Å². The molecular weight excluding hydrogens is 633 g/mol. The van der Waals surface area contributed by atoms with Gasteiger partial charge in [0.2, 0.25) is 0 Å². The largest absolute Gasteiger partial charge is 0.465 e. The zero-order valence-corrected chi connectivity index (χ0v) is 30.8. The van der Waals surface area contributed by atoms with Crippen molar-refractivity contribution in [2.24, 2.45) is 29.6 Å². The van der Waals surface area contributed by atoms with Crippen LogP contribution in [0.15, 0.2) is 29.1 Å². The summed E-state index contributed by atoms with van der Waals surface area (Å²) in [6.07, 6.45) is 12.6. The Kier molecular flexibility index (Phi) is 14.1. The summed E-state index contributed by atoms with van der Waals surface area (Å²) in [6, 6.07) is 7.13. The van der Waals surface area contributed by atoms with Gasteiger partial charge in [0.25, 0.3) is 6.01 Å². The van der Waals surface area contributed by atoms with Crippen LogP contribution in [0.5, 0.6) is 6.01 Å². The van der Waals surface area contributed by atoms with Gasteiger partial charge in [-0.25, -0.2) is 14.0 Å². The van der Waals surface area contributed by atoms with E-state index in [0.717, 1.165) is 64.2 Å². The molecule has 3 atom stereocenters. The predicted octanol–water partition coefficient (Wildman–Crippen LogP) is 10.8. The van der Waals surface area contributed by atoms with Crippen LogP contribution in [-0.2, 0) is 4.74 Å². The van der Waals surface area contributed by atoms with Crippen molar-refractivity contribution in [1.29, 1.82) is 0 Å². The Morgan fingerprint density at radius 2 is 1.62 bits per heavy atom. The molecule has 2 heterocycles. The van der Waals surface area contributed by atoms with Crippen molar-refractivity contribution >= 4 is 34.8 Å². The van der Waals surface area contributed by atoms with Crippen LogP contribution in [0.1, 0.15) is 129 Å². The number of nitrogens with one attached hydrogen (secondary N) is 1. The monoisotopic (exact) mass is 687 g/mol. The van der Waals surface area contributed by atoms with Crippen molar-refractivity contribution in [3.8, 4) is 17.1 Å². The highest BCUT2D eigenvalue weighted by Gasteiger charge is 2.40. The second kappa shape index (κ2) is 17.8. The van der Waals surface area contributed by atoms with Crippen molar-refractivity contribution in [2.45, 2.75) is 125 Å². The third-order valence-electron chi connectivity index (χ3n) is 9.82. The Balaban J connectivity index is 1.71. The van der Waals surface area contributed by atoms with Crippen LogP contribution in [0.25, 0.3) is 16.8 Å². The van der Waals surface area contributed by atoms with Gasteiger partial charge in [-0.1, -0.05) is 122 Å². The molecular formula is C38H55Cl2N3O4. The highest BCUT2D eigenvalue weighted by atomic mass is 35.5. The Hall–Kier alpha value is -2.51. The first-order valence-corrected chi connectivity index (χ1v) is 18.7. The number of rotatable bonds is 17. The van der Waals surface area contributed by atoms with E-state index in [1.807, 2.05) is 0 Å². The molecule has 0 amide bonds. The highest BCUT2D eigenvalue weighted by molar-refractivity contribution is 6.34. The average molecular weight is 689 g/mol. The number of carbonyl (C=O) groups is 1. The predicted molar refractivity (Wildman–Crippen MR) is 193 cm³/mol. The Morgan fingerprint density at radius 1 is 0.979 bits per heavy atom. The molecule has 1 aromatic carbocycles. The first kappa shape index (κ1) is 37.3. The number of H-pyrrole nitrogens is 1. The molecule has 1 fully saturated rings. The number of ether oxygens (including phenoxy) is 2. The van der Waals surface area contributed by atoms with Crippen molar-refractivity contribution in [1.82, 2.24) is 14.4 Å². The second-order valence-electron chi connectivity index (χ2n) is 14.4. The maximum absolute atomic E-state index is 14.5. The molecule has 1 aliphatic carbocycles. The molecule has 0 bridgehead atoms. The normalized spacial score (nSPS) is 20.5. The zero-order valence-electron chi connectivity index (χ0n) is 29.2. The summed E-state index contributed by atoms with van der Waals surface area (Å²) in [5.74, 6) is 1.81. The van der Waals surface area contributed by atoms with Crippen LogP contribution in [0, 0.1) is 29.6 Å². The molecule has 260 valence electrons. The van der Waals surface area contributed by atoms with E-state index < -0.39 is 11.7 Å². The molecule has 1 aliphatic rings. The van der Waals surface area contributed by atoms with Crippen LogP contribution >= 0.6 is 23.2 Å². The molecule has 9 heteroatoms. The third kappa shape index (κ3) is 9.78. The van der Waals surface area contributed by atoms with Gasteiger partial charge < -0.3 is 9.47 Å². The summed E-state index contributed by atoms with van der Waals surface area (Å²) in [4.78, 5) is 35.4. The molecule has 47 heavy (non-hydrogen) atoms. The Bertz CT molecular complexity index is 1480. The number of fused-ring (bicyclic) bond motifs is 1. The van der Waals surface area contributed by atoms with Gasteiger partial charge in [-0.05, 0) is 79.4 Å². The standard InChI is InChI=1S/C38H55Cl2N3O4/c1-7-9-14-28-22-26(6)23-29(15-10-8-2)33(28)47-36(44)32-31(27-16-18-30(39)19-17-27)34(40)43-35(32)41-37(42-38(43)45)46-21-20-25(5)13-11-12-24(3)4/h16-19,24-26,28-29,33H,7-15,20-23H2,1-6H3,(H,41,42,45). The average Bonchev–Trinajstić information content (AvgIpc) is 3.32. The van der Waals surface area contributed by atoms with Gasteiger partial charge in [-0.2, -0.15) is 4.98 Å². The number of aromatic amines is 1. The fourth-order valence-corrected chi connectivity index (χ4v) is 7.75. The number of hydrogen-bond donors (Lipinski definition) is 1. The summed E-state index contributed by atoms with van der Waals surface area (Å²) in [5, 5.41) is 0.646. The summed E-state index contributed by atoms with van der Waals surface area (Å²) < 4.78 is 13.8. The molecule has 0 radical (unpaired) electrons. The van der Waals surface area contributed by atoms with E-state index in [2.05, 4.69) is 51.5 Å². The summed E-state index contributed by atoms with van der Waals surface area (Å²) >= 11 is 13.2. The number of unbranched alkanes of at least 4 members (excludes halogenated alkanes) is 2. The van der Waals surface area contributed by atoms with Gasteiger partial charge in [0, 0.05) is 10.6 Å². The van der Waals surface area contributed by atoms with E-state index >= 15 is 0 Å². The minimum absolute atomic E-state index is 0.0656. The van der Waals surface area contributed by atoms with E-state index in [1.54, 1.807) is 24.3 Å². The van der Waals surface area contributed by atoms with E-state index in [9.17, 15) is 9.59 Å². The van der Waals surface area contributed by atoms with Crippen LogP contribution in [0.2, 0.25) is 10.2 Å². The van der Waals surface area contributed by atoms with Crippen LogP contribution in [0.3, 0.4) is 0 Å². The van der Waals surface area contributed by atoms with Crippen molar-refractivity contribution in [2.75, 3.05) is 6.61 Å². The smallest absolute Gasteiger partial charge is 0.342 e. The van der Waals surface area contributed by atoms with Crippen molar-refractivity contribution in [3.05, 3.63) is 50.5 Å². The number of benzene rings is 1. The fraction of sp³-hybridized carbons (Fsp3) is 0.658. The lowest BCUT2D eigenvalue weighted by molar-refractivity contribution is -0.0392. The Morgan fingerprint density at radius 3 is 2.21 bits per heavy atom. The maximum Gasteiger partial charge on any atom is 0.342 e. The molecule has 0 aliphatic heterocycles. The summed E-state index contributed by atoms with van der Waals surface area (Å²) in [7, 11) is 0. The molecule has 1 saturated carbocycles. The molecule has 0 saturated heterocycles. The minimum Gasteiger partial charge on any atom is -0.465 e. The van der Waals surface area contributed by atoms with Gasteiger partial charge in [-0.15, -0.1) is 0 Å². The minimum atomic E-state index is -0.526. The van der Waals surface area contributed by atoms with Crippen LogP contribution in [0.4, 0.5) is 0 Å². The number of hydrogen-bond acceptors (Lipinski definition) is 5. The van der Waals surface area contributed by atoms with E-state index in [0.29, 0.717) is 40.5 Å². The van der Waals surface area contributed by atoms with Crippen LogP contribution < -0.4 is 10.4 Å². The lowest BCUT2D eigenvalue weighted by Crippen LogP contribution is -2.40. The van der Waals surface area contributed by atoms with Gasteiger partial charge in [0.1, 0.15) is 16.8 Å². The molecule has 0 spiro atoms. The summed E-state index contributed by atoms with van der Waals surface area (Å²) in [6.45, 7) is 13.8. The molecule has 3 aromatic rings. The van der Waals surface area contributed by atoms with E-state index in [-0.39, 0.29) is 40.3 Å². The molecule has 1 N–H and O–H groups in total. The lowest BCUT2D eigenvalue weighted by atomic mass is 9.70. The molecule has 7 nitrogen and oxygen atoms in total. The first-order chi connectivity index (χ1) is 22.5. The zero-order chi connectivity index (χ0) is 34.1. The number of carbonyl (C=O) groups excluding carboxylic acids is 1. The quantitative estimate of drug-likeness (QED) is 0.143. The first-order valence-electron chi connectivity index (χ1n) is 18.0. The number of esters is 1. The lowest BCUT2D eigenvalue weighted by Gasteiger charge is -2.41.